The van der Waals surface area contributed by atoms with Crippen molar-refractivity contribution in [2.24, 2.45) is 4.99 Å². The van der Waals surface area contributed by atoms with Gasteiger partial charge in [-0.1, -0.05) is 24.8 Å². The second-order valence-corrected chi connectivity index (χ2v) is 3.72. The maximum absolute atomic E-state index is 11.4. The van der Waals surface area contributed by atoms with Crippen LogP contribution < -0.4 is 4.74 Å². The standard InChI is InChI=1S/C14H13NO3/c1-3-7-17-12-6-4-5-11(8-12)9-13-14(16)18-10(2)15-13/h3-6,8-9H,1,7H2,2H3/b13-9+. The number of carbonyl (C=O) groups excluding carboxylic acids is 1. The molecule has 1 aliphatic heterocycles. The molecule has 0 spiro atoms. The molecular formula is C14H13NO3. The number of esters is 1. The van der Waals surface area contributed by atoms with Crippen molar-refractivity contribution in [2.75, 3.05) is 6.61 Å². The van der Waals surface area contributed by atoms with E-state index < -0.39 is 5.97 Å². The van der Waals surface area contributed by atoms with Crippen molar-refractivity contribution in [1.82, 2.24) is 0 Å². The number of benzene rings is 1. The molecule has 0 aliphatic carbocycles. The van der Waals surface area contributed by atoms with E-state index in [2.05, 4.69) is 11.6 Å². The number of hydrogen-bond acceptors (Lipinski definition) is 4. The fourth-order valence-corrected chi connectivity index (χ4v) is 1.52. The van der Waals surface area contributed by atoms with Gasteiger partial charge in [-0.25, -0.2) is 9.79 Å². The minimum absolute atomic E-state index is 0.299. The van der Waals surface area contributed by atoms with E-state index in [9.17, 15) is 4.79 Å². The quantitative estimate of drug-likeness (QED) is 0.464. The summed E-state index contributed by atoms with van der Waals surface area (Å²) in [5.41, 5.74) is 1.13. The monoisotopic (exact) mass is 243 g/mol. The lowest BCUT2D eigenvalue weighted by Gasteiger charge is -2.03. The van der Waals surface area contributed by atoms with E-state index in [1.807, 2.05) is 24.3 Å². The first kappa shape index (κ1) is 12.1. The highest BCUT2D eigenvalue weighted by Crippen LogP contribution is 2.19. The van der Waals surface area contributed by atoms with Crippen LogP contribution in [0.4, 0.5) is 0 Å². The van der Waals surface area contributed by atoms with Crippen LogP contribution in [0.25, 0.3) is 6.08 Å². The number of aliphatic imine (C=N–C) groups is 1. The van der Waals surface area contributed by atoms with Crippen LogP contribution in [-0.2, 0) is 9.53 Å². The minimum atomic E-state index is -0.426. The van der Waals surface area contributed by atoms with Gasteiger partial charge in [0.25, 0.3) is 0 Å². The van der Waals surface area contributed by atoms with Crippen LogP contribution in [0.3, 0.4) is 0 Å². The number of nitrogens with zero attached hydrogens (tertiary/aromatic N) is 1. The normalized spacial score (nSPS) is 16.4. The van der Waals surface area contributed by atoms with Crippen LogP contribution in [-0.4, -0.2) is 18.5 Å². The predicted molar refractivity (Wildman–Crippen MR) is 69.3 cm³/mol. The molecule has 0 radical (unpaired) electrons. The van der Waals surface area contributed by atoms with Gasteiger partial charge in [0.15, 0.2) is 11.6 Å². The summed E-state index contributed by atoms with van der Waals surface area (Å²) in [4.78, 5) is 15.4. The van der Waals surface area contributed by atoms with E-state index in [0.29, 0.717) is 18.2 Å². The molecule has 1 aliphatic rings. The van der Waals surface area contributed by atoms with Crippen molar-refractivity contribution in [3.05, 3.63) is 48.2 Å². The summed E-state index contributed by atoms with van der Waals surface area (Å²) in [6.45, 7) is 5.67. The third-order valence-electron chi connectivity index (χ3n) is 2.26. The van der Waals surface area contributed by atoms with Crippen molar-refractivity contribution in [3.63, 3.8) is 0 Å². The molecule has 1 heterocycles. The maximum atomic E-state index is 11.4. The van der Waals surface area contributed by atoms with Gasteiger partial charge in [0, 0.05) is 6.92 Å². The Labute approximate surface area is 105 Å². The summed E-state index contributed by atoms with van der Waals surface area (Å²) in [6, 6.07) is 7.38. The van der Waals surface area contributed by atoms with Crippen molar-refractivity contribution in [2.45, 2.75) is 6.92 Å². The van der Waals surface area contributed by atoms with E-state index >= 15 is 0 Å². The Balaban J connectivity index is 2.21. The van der Waals surface area contributed by atoms with Gasteiger partial charge in [-0.15, -0.1) is 0 Å². The lowest BCUT2D eigenvalue weighted by Crippen LogP contribution is -1.99. The summed E-state index contributed by atoms with van der Waals surface area (Å²) in [6.07, 6.45) is 3.34. The summed E-state index contributed by atoms with van der Waals surface area (Å²) < 4.78 is 10.2. The van der Waals surface area contributed by atoms with Crippen molar-refractivity contribution in [3.8, 4) is 5.75 Å². The Kier molecular flexibility index (Phi) is 3.57. The average Bonchev–Trinajstić information content (AvgIpc) is 2.66. The Hall–Kier alpha value is -2.36. The molecule has 0 unspecified atom stereocenters. The Bertz CT molecular complexity index is 544. The minimum Gasteiger partial charge on any atom is -0.490 e. The summed E-state index contributed by atoms with van der Waals surface area (Å²) in [5.74, 6) is 0.659. The summed E-state index contributed by atoms with van der Waals surface area (Å²) >= 11 is 0. The Morgan fingerprint density at radius 3 is 3.00 bits per heavy atom. The van der Waals surface area contributed by atoms with E-state index in [-0.39, 0.29) is 0 Å². The molecular weight excluding hydrogens is 230 g/mol. The summed E-state index contributed by atoms with van der Waals surface area (Å²) in [7, 11) is 0. The van der Waals surface area contributed by atoms with Crippen molar-refractivity contribution < 1.29 is 14.3 Å². The zero-order chi connectivity index (χ0) is 13.0. The topological polar surface area (TPSA) is 47.9 Å². The SMILES string of the molecule is C=CCOc1cccc(/C=C2/N=C(C)OC2=O)c1. The van der Waals surface area contributed by atoms with Gasteiger partial charge < -0.3 is 9.47 Å². The van der Waals surface area contributed by atoms with Gasteiger partial charge in [-0.05, 0) is 23.8 Å². The third-order valence-corrected chi connectivity index (χ3v) is 2.26. The molecule has 92 valence electrons. The highest BCUT2D eigenvalue weighted by atomic mass is 16.6. The average molecular weight is 243 g/mol. The molecule has 1 aromatic rings. The van der Waals surface area contributed by atoms with Crippen LogP contribution in [0.5, 0.6) is 5.75 Å². The van der Waals surface area contributed by atoms with Gasteiger partial charge in [-0.2, -0.15) is 0 Å². The molecule has 18 heavy (non-hydrogen) atoms. The fraction of sp³-hybridized carbons (Fsp3) is 0.143. The van der Waals surface area contributed by atoms with E-state index in [1.54, 1.807) is 19.1 Å². The fourth-order valence-electron chi connectivity index (χ4n) is 1.52. The highest BCUT2D eigenvalue weighted by Gasteiger charge is 2.19. The number of cyclic esters (lactones) is 1. The van der Waals surface area contributed by atoms with E-state index in [0.717, 1.165) is 11.3 Å². The predicted octanol–water partition coefficient (Wildman–Crippen LogP) is 2.57. The molecule has 1 aromatic carbocycles. The lowest BCUT2D eigenvalue weighted by molar-refractivity contribution is -0.130. The molecule has 0 saturated carbocycles. The number of carbonyl (C=O) groups is 1. The highest BCUT2D eigenvalue weighted by molar-refractivity contribution is 6.06. The van der Waals surface area contributed by atoms with Crippen LogP contribution in [0.1, 0.15) is 12.5 Å². The van der Waals surface area contributed by atoms with Crippen molar-refractivity contribution in [1.29, 1.82) is 0 Å². The molecule has 0 saturated heterocycles. The van der Waals surface area contributed by atoms with Gasteiger partial charge in [0.2, 0.25) is 0 Å². The smallest absolute Gasteiger partial charge is 0.363 e. The number of rotatable bonds is 4. The van der Waals surface area contributed by atoms with Gasteiger partial charge in [0.05, 0.1) is 0 Å². The second-order valence-electron chi connectivity index (χ2n) is 3.72. The van der Waals surface area contributed by atoms with Gasteiger partial charge >= 0.3 is 5.97 Å². The Morgan fingerprint density at radius 1 is 1.50 bits per heavy atom. The molecule has 0 amide bonds. The molecule has 0 atom stereocenters. The molecule has 0 N–H and O–H groups in total. The zero-order valence-corrected chi connectivity index (χ0v) is 10.1. The summed E-state index contributed by atoms with van der Waals surface area (Å²) in [5, 5.41) is 0. The number of ether oxygens (including phenoxy) is 2. The van der Waals surface area contributed by atoms with E-state index in [1.165, 1.54) is 0 Å². The lowest BCUT2D eigenvalue weighted by atomic mass is 10.2. The van der Waals surface area contributed by atoms with E-state index in [4.69, 9.17) is 9.47 Å². The maximum Gasteiger partial charge on any atom is 0.363 e. The molecule has 0 bridgehead atoms. The van der Waals surface area contributed by atoms with Crippen LogP contribution in [0.2, 0.25) is 0 Å². The first-order valence-corrected chi connectivity index (χ1v) is 5.52. The molecule has 0 aromatic heterocycles. The zero-order valence-electron chi connectivity index (χ0n) is 10.1. The molecule has 0 fully saturated rings. The Morgan fingerprint density at radius 2 is 2.33 bits per heavy atom. The van der Waals surface area contributed by atoms with Crippen molar-refractivity contribution >= 4 is 17.9 Å². The van der Waals surface area contributed by atoms with Crippen LogP contribution in [0.15, 0.2) is 47.6 Å². The second kappa shape index (κ2) is 5.31. The number of hydrogen-bond donors (Lipinski definition) is 0. The third kappa shape index (κ3) is 2.85. The first-order valence-electron chi connectivity index (χ1n) is 5.52. The largest absolute Gasteiger partial charge is 0.490 e. The molecule has 2 rings (SSSR count). The first-order chi connectivity index (χ1) is 8.69. The molecule has 4 nitrogen and oxygen atoms in total. The van der Waals surface area contributed by atoms with Crippen LogP contribution >= 0.6 is 0 Å². The molecule has 4 heteroatoms. The van der Waals surface area contributed by atoms with Gasteiger partial charge in [0.1, 0.15) is 12.4 Å². The van der Waals surface area contributed by atoms with Crippen LogP contribution in [0, 0.1) is 0 Å². The van der Waals surface area contributed by atoms with Gasteiger partial charge in [-0.3, -0.25) is 0 Å².